The Bertz CT molecular complexity index is 264. The zero-order chi connectivity index (χ0) is 9.10. The molecule has 1 fully saturated rings. The van der Waals surface area contributed by atoms with Crippen molar-refractivity contribution in [3.05, 3.63) is 11.8 Å². The normalized spacial score (nSPS) is 19.2. The molecule has 0 radical (unpaired) electrons. The molecule has 13 heavy (non-hydrogen) atoms. The van der Waals surface area contributed by atoms with Gasteiger partial charge in [-0.15, -0.1) is 10.2 Å². The topological polar surface area (TPSA) is 38.9 Å². The van der Waals surface area contributed by atoms with Crippen LogP contribution in [0.5, 0.6) is 0 Å². The van der Waals surface area contributed by atoms with E-state index in [1.165, 1.54) is 32.1 Å². The Labute approximate surface area is 78.5 Å². The highest BCUT2D eigenvalue weighted by molar-refractivity contribution is 4.83. The average molecular weight is 180 g/mol. The maximum Gasteiger partial charge on any atom is 0.216 e. The van der Waals surface area contributed by atoms with Gasteiger partial charge in [0.2, 0.25) is 11.8 Å². The third-order valence-electron chi connectivity index (χ3n) is 2.76. The highest BCUT2D eigenvalue weighted by atomic mass is 16.4. The first kappa shape index (κ1) is 8.73. The first-order valence-electron chi connectivity index (χ1n) is 5.13. The maximum absolute atomic E-state index is 5.36. The number of hydrogen-bond donors (Lipinski definition) is 0. The van der Waals surface area contributed by atoms with Crippen LogP contribution in [-0.4, -0.2) is 10.2 Å². The van der Waals surface area contributed by atoms with Gasteiger partial charge in [-0.25, -0.2) is 0 Å². The fraction of sp³-hybridized carbons (Fsp3) is 0.800. The monoisotopic (exact) mass is 180 g/mol. The molecular formula is C10H16N2O. The predicted molar refractivity (Wildman–Crippen MR) is 49.3 cm³/mol. The van der Waals surface area contributed by atoms with Gasteiger partial charge in [-0.05, 0) is 18.8 Å². The van der Waals surface area contributed by atoms with Crippen molar-refractivity contribution in [2.75, 3.05) is 0 Å². The Morgan fingerprint density at radius 3 is 2.62 bits per heavy atom. The molecule has 0 N–H and O–H groups in total. The van der Waals surface area contributed by atoms with E-state index in [9.17, 15) is 0 Å². The largest absolute Gasteiger partial charge is 0.426 e. The fourth-order valence-corrected chi connectivity index (χ4v) is 2.06. The van der Waals surface area contributed by atoms with Crippen LogP contribution in [0.2, 0.25) is 0 Å². The molecule has 0 aliphatic heterocycles. The Morgan fingerprint density at radius 2 is 2.00 bits per heavy atom. The summed E-state index contributed by atoms with van der Waals surface area (Å²) in [7, 11) is 0. The van der Waals surface area contributed by atoms with Crippen LogP contribution in [0.3, 0.4) is 0 Å². The molecule has 1 aliphatic rings. The van der Waals surface area contributed by atoms with Crippen molar-refractivity contribution >= 4 is 0 Å². The lowest BCUT2D eigenvalue weighted by Crippen LogP contribution is -2.09. The van der Waals surface area contributed by atoms with E-state index in [0.717, 1.165) is 18.2 Å². The summed E-state index contributed by atoms with van der Waals surface area (Å²) in [5.41, 5.74) is 0. The smallest absolute Gasteiger partial charge is 0.216 e. The van der Waals surface area contributed by atoms with Crippen LogP contribution in [0.25, 0.3) is 0 Å². The molecule has 1 heterocycles. The molecular weight excluding hydrogens is 164 g/mol. The quantitative estimate of drug-likeness (QED) is 0.702. The molecule has 3 heteroatoms. The van der Waals surface area contributed by atoms with Gasteiger partial charge in [0, 0.05) is 13.3 Å². The van der Waals surface area contributed by atoms with E-state index in [-0.39, 0.29) is 0 Å². The van der Waals surface area contributed by atoms with Gasteiger partial charge in [0.05, 0.1) is 0 Å². The first-order chi connectivity index (χ1) is 6.34. The number of hydrogen-bond acceptors (Lipinski definition) is 3. The summed E-state index contributed by atoms with van der Waals surface area (Å²) in [5.74, 6) is 2.30. The molecule has 1 aromatic rings. The third kappa shape index (κ3) is 2.29. The predicted octanol–water partition coefficient (Wildman–Crippen LogP) is 2.50. The Morgan fingerprint density at radius 1 is 1.23 bits per heavy atom. The van der Waals surface area contributed by atoms with Gasteiger partial charge < -0.3 is 4.42 Å². The number of nitrogens with zero attached hydrogens (tertiary/aromatic N) is 2. The van der Waals surface area contributed by atoms with Gasteiger partial charge in [-0.3, -0.25) is 0 Å². The van der Waals surface area contributed by atoms with Crippen LogP contribution >= 0.6 is 0 Å². The summed E-state index contributed by atoms with van der Waals surface area (Å²) >= 11 is 0. The lowest BCUT2D eigenvalue weighted by atomic mass is 9.87. The van der Waals surface area contributed by atoms with Crippen molar-refractivity contribution < 1.29 is 4.42 Å². The highest BCUT2D eigenvalue weighted by Gasteiger charge is 2.16. The Balaban J connectivity index is 1.89. The van der Waals surface area contributed by atoms with E-state index in [1.54, 1.807) is 0 Å². The molecule has 1 aromatic heterocycles. The molecule has 0 amide bonds. The minimum absolute atomic E-state index is 0.686. The van der Waals surface area contributed by atoms with Gasteiger partial charge in [-0.2, -0.15) is 0 Å². The van der Waals surface area contributed by atoms with E-state index in [0.29, 0.717) is 5.89 Å². The lowest BCUT2D eigenvalue weighted by Gasteiger charge is -2.19. The summed E-state index contributed by atoms with van der Waals surface area (Å²) in [6.45, 7) is 1.84. The molecule has 0 spiro atoms. The van der Waals surface area contributed by atoms with E-state index in [1.807, 2.05) is 6.92 Å². The second kappa shape index (κ2) is 3.90. The third-order valence-corrected chi connectivity index (χ3v) is 2.76. The molecule has 0 aromatic carbocycles. The van der Waals surface area contributed by atoms with Crippen molar-refractivity contribution in [1.29, 1.82) is 0 Å². The average Bonchev–Trinajstić information content (AvgIpc) is 2.53. The summed E-state index contributed by atoms with van der Waals surface area (Å²) in [5, 5.41) is 7.86. The van der Waals surface area contributed by atoms with E-state index < -0.39 is 0 Å². The maximum atomic E-state index is 5.36. The number of aromatic nitrogens is 2. The summed E-state index contributed by atoms with van der Waals surface area (Å²) in [4.78, 5) is 0. The van der Waals surface area contributed by atoms with E-state index in [2.05, 4.69) is 10.2 Å². The van der Waals surface area contributed by atoms with E-state index in [4.69, 9.17) is 4.42 Å². The summed E-state index contributed by atoms with van der Waals surface area (Å²) in [6, 6.07) is 0. The second-order valence-electron chi connectivity index (χ2n) is 3.92. The van der Waals surface area contributed by atoms with Gasteiger partial charge in [-0.1, -0.05) is 19.3 Å². The first-order valence-corrected chi connectivity index (χ1v) is 5.13. The van der Waals surface area contributed by atoms with Gasteiger partial charge >= 0.3 is 0 Å². The Kier molecular flexibility index (Phi) is 2.62. The standard InChI is InChI=1S/C10H16N2O/c1-8-11-12-10(13-8)7-9-5-3-2-4-6-9/h9H,2-7H2,1H3. The molecule has 0 atom stereocenters. The molecule has 2 rings (SSSR count). The van der Waals surface area contributed by atoms with Crippen molar-refractivity contribution in [3.8, 4) is 0 Å². The van der Waals surface area contributed by atoms with Crippen molar-refractivity contribution in [2.24, 2.45) is 5.92 Å². The van der Waals surface area contributed by atoms with Crippen LogP contribution < -0.4 is 0 Å². The van der Waals surface area contributed by atoms with Crippen molar-refractivity contribution in [1.82, 2.24) is 10.2 Å². The molecule has 3 nitrogen and oxygen atoms in total. The van der Waals surface area contributed by atoms with E-state index >= 15 is 0 Å². The minimum Gasteiger partial charge on any atom is -0.426 e. The molecule has 72 valence electrons. The molecule has 0 saturated heterocycles. The highest BCUT2D eigenvalue weighted by Crippen LogP contribution is 2.26. The van der Waals surface area contributed by atoms with Gasteiger partial charge in [0.15, 0.2) is 0 Å². The van der Waals surface area contributed by atoms with Crippen LogP contribution in [0.4, 0.5) is 0 Å². The molecule has 0 unspecified atom stereocenters. The second-order valence-corrected chi connectivity index (χ2v) is 3.92. The number of rotatable bonds is 2. The SMILES string of the molecule is Cc1nnc(CC2CCCCC2)o1. The van der Waals surface area contributed by atoms with Crippen LogP contribution in [-0.2, 0) is 6.42 Å². The van der Waals surface area contributed by atoms with Gasteiger partial charge in [0.1, 0.15) is 0 Å². The lowest BCUT2D eigenvalue weighted by molar-refractivity contribution is 0.326. The Hall–Kier alpha value is -0.860. The van der Waals surface area contributed by atoms with Crippen LogP contribution in [0, 0.1) is 12.8 Å². The van der Waals surface area contributed by atoms with Crippen LogP contribution in [0.15, 0.2) is 4.42 Å². The minimum atomic E-state index is 0.686. The molecule has 1 saturated carbocycles. The fourth-order valence-electron chi connectivity index (χ4n) is 2.06. The number of aryl methyl sites for hydroxylation is 1. The molecule has 1 aliphatic carbocycles. The summed E-state index contributed by atoms with van der Waals surface area (Å²) < 4.78 is 5.36. The van der Waals surface area contributed by atoms with Crippen molar-refractivity contribution in [3.63, 3.8) is 0 Å². The molecule has 0 bridgehead atoms. The van der Waals surface area contributed by atoms with Crippen molar-refractivity contribution in [2.45, 2.75) is 45.4 Å². The summed E-state index contributed by atoms with van der Waals surface area (Å²) in [6.07, 6.45) is 7.80. The van der Waals surface area contributed by atoms with Gasteiger partial charge in [0.25, 0.3) is 0 Å². The van der Waals surface area contributed by atoms with Crippen LogP contribution in [0.1, 0.15) is 43.9 Å². The zero-order valence-corrected chi connectivity index (χ0v) is 8.12. The zero-order valence-electron chi connectivity index (χ0n) is 8.12.